The summed E-state index contributed by atoms with van der Waals surface area (Å²) in [5, 5.41) is 65.8. The number of benzene rings is 8. The summed E-state index contributed by atoms with van der Waals surface area (Å²) in [4.78, 5) is 65.5. The number of halogens is 6. The zero-order valence-corrected chi connectivity index (χ0v) is 86.7. The summed E-state index contributed by atoms with van der Waals surface area (Å²) >= 11 is 32.6. The number of aryl methyl sites for hydroxylation is 4. The lowest BCUT2D eigenvalue weighted by Crippen LogP contribution is -2.47. The average molecular weight is 2100 g/mol. The number of piperazine rings is 4. The van der Waals surface area contributed by atoms with E-state index in [-0.39, 0.29) is 11.5 Å². The Morgan fingerprint density at radius 2 is 0.655 bits per heavy atom. The molecule has 0 radical (unpaired) electrons. The molecular weight excluding hydrogens is 1990 g/mol. The number of anilines is 4. The van der Waals surface area contributed by atoms with Gasteiger partial charge in [-0.3, -0.25) is 24.3 Å². The molecule has 0 bridgehead atoms. The fourth-order valence-electron chi connectivity index (χ4n) is 21.6. The van der Waals surface area contributed by atoms with E-state index in [2.05, 4.69) is 83.1 Å². The van der Waals surface area contributed by atoms with Crippen LogP contribution in [0.2, 0.25) is 25.1 Å². The van der Waals surface area contributed by atoms with E-state index >= 15 is 0 Å². The highest BCUT2D eigenvalue weighted by Gasteiger charge is 2.40. The normalized spacial score (nSPS) is 16.5. The van der Waals surface area contributed by atoms with Crippen molar-refractivity contribution in [3.8, 4) is 50.8 Å². The van der Waals surface area contributed by atoms with E-state index in [4.69, 9.17) is 80.8 Å². The number of ether oxygens (including phenoxy) is 1. The van der Waals surface area contributed by atoms with Gasteiger partial charge in [0.05, 0.1) is 76.5 Å². The molecule has 4 aliphatic carbocycles. The third-order valence-electron chi connectivity index (χ3n) is 30.3. The van der Waals surface area contributed by atoms with Gasteiger partial charge in [-0.2, -0.15) is 5.10 Å². The molecule has 4 saturated carbocycles. The Labute approximate surface area is 879 Å². The maximum atomic E-state index is 14.5. The number of fused-ring (bicyclic) bond motifs is 4. The number of methoxy groups -OCH3 is 1. The largest absolute Gasteiger partial charge is 0.496 e. The Bertz CT molecular complexity index is 7640. The van der Waals surface area contributed by atoms with Crippen molar-refractivity contribution in [1.29, 1.82) is 0 Å². The third-order valence-corrected chi connectivity index (χ3v) is 31.9. The number of aromatic carboxylic acids is 4. The minimum absolute atomic E-state index is 0.211. The molecule has 4 N–H and O–H groups in total. The second kappa shape index (κ2) is 43.2. The molecule has 8 aromatic heterocycles. The number of hydrogen-bond acceptors (Lipinski definition) is 22. The summed E-state index contributed by atoms with van der Waals surface area (Å²) in [5.41, 5.74) is 19.4. The van der Waals surface area contributed by atoms with E-state index in [1.807, 2.05) is 150 Å². The van der Waals surface area contributed by atoms with Crippen molar-refractivity contribution in [2.45, 2.75) is 101 Å². The molecule has 4 aliphatic heterocycles. The molecule has 30 nitrogen and oxygen atoms in total. The minimum atomic E-state index is -0.969. The first kappa shape index (κ1) is 101. The van der Waals surface area contributed by atoms with E-state index in [0.717, 1.165) is 342 Å². The first-order valence-corrected chi connectivity index (χ1v) is 52.6. The Morgan fingerprint density at radius 3 is 0.973 bits per heavy atom. The van der Waals surface area contributed by atoms with Crippen LogP contribution in [0.25, 0.3) is 88.6 Å². The van der Waals surface area contributed by atoms with E-state index < -0.39 is 23.9 Å². The number of carboxylic acids is 4. The number of aromatic nitrogens is 9. The molecule has 16 aromatic rings. The number of nitrogens with zero attached hydrogens (tertiary/aromatic N) is 17. The number of rotatable bonds is 29. The molecule has 8 fully saturated rings. The Kier molecular flexibility index (Phi) is 29.4. The van der Waals surface area contributed by atoms with Crippen molar-refractivity contribution < 1.29 is 66.8 Å². The molecular formula is C112H115Cl5FN17O13. The zero-order chi connectivity index (χ0) is 103. The molecule has 4 saturated heterocycles. The standard InChI is InChI=1S/C29H31ClN4O4.C28H28Cl2N4O3.C28H29FN4O3.C27H27Cl2N5O3/c1-32-17-22(29(35)36)20-9-8-19(16-24(20)32)34-14-12-33(13-15-34)11-10-21-27(31-38-28(21)18-6-7-18)26-23(30)4-3-5-25(26)37-2;1-32-16-21(28(35)36)19-8-7-18(15-24(19)32)34-13-11-33(12-14-34)10-9-20-26(31-37-27(20)17-5-6-17)25-22(29)3-2-4-23(25)30;1-31-17-23(28(34)35)20-9-8-19(16-25(20)31)33-14-12-32(13-15-33)11-10-22-26(21-4-2-3-5-24(21)29)30-36-27(22)18-6-7-18;1-32-25(27(35)36)18-8-7-17(15-22(18)30-32)34-13-11-33(12-14-34)10-9-19-24(31-37-26(19)16-5-6-16)23-20(28)3-2-4-21(23)29/h3-5,8-9,16-18H,6-7,10-15H2,1-2H3,(H,35,36);2-4,7-8,15-17H,5-6,9-14H2,1H3,(H,35,36);2-5,8-9,16-18H,6-7,10-15H2,1H3,(H,34,35);2-4,7-8,15-16H,5-6,9-14H2,1H3,(H,35,36). The molecule has 0 unspecified atom stereocenters. The highest BCUT2D eigenvalue weighted by atomic mass is 35.5. The van der Waals surface area contributed by atoms with Crippen LogP contribution in [-0.2, 0) is 53.9 Å². The quantitative estimate of drug-likeness (QED) is 0.0338. The summed E-state index contributed by atoms with van der Waals surface area (Å²) in [6, 6.07) is 47.4. The molecule has 0 atom stereocenters. The molecule has 148 heavy (non-hydrogen) atoms. The van der Waals surface area contributed by atoms with Gasteiger partial charge in [0.15, 0.2) is 5.69 Å². The Morgan fingerprint density at radius 1 is 0.358 bits per heavy atom. The van der Waals surface area contributed by atoms with Crippen LogP contribution in [0.3, 0.4) is 0 Å². The molecule has 36 heteroatoms. The first-order chi connectivity index (χ1) is 71.7. The molecule has 768 valence electrons. The van der Waals surface area contributed by atoms with Crippen LogP contribution in [0, 0.1) is 5.82 Å². The van der Waals surface area contributed by atoms with Crippen molar-refractivity contribution in [2.24, 2.45) is 28.2 Å². The smallest absolute Gasteiger partial charge is 0.354 e. The SMILES string of the molecule is COc1cccc(Cl)c1-c1noc(C2CC2)c1CCN1CCN(c2ccc3c(C(=O)O)cn(C)c3c2)CC1.Cn1cc(C(=O)O)c2ccc(N3CCN(CCc4c(-c5c(Cl)cccc5Cl)noc4C4CC4)CC3)cc21.Cn1cc(C(=O)O)c2ccc(N3CCN(CCc4c(-c5ccccc5F)noc4C4CC4)CC3)cc21.Cn1nc2cc(N3CCN(CCc4c(-c5c(Cl)cccc5Cl)noc4C4CC4)CC3)ccc2c1C(=O)O. The number of carbonyl (C=O) groups is 4. The van der Waals surface area contributed by atoms with Crippen LogP contribution < -0.4 is 24.3 Å². The summed E-state index contributed by atoms with van der Waals surface area (Å²) < 4.78 is 50.4. The van der Waals surface area contributed by atoms with Crippen molar-refractivity contribution in [3.05, 3.63) is 269 Å². The molecule has 8 aromatic carbocycles. The van der Waals surface area contributed by atoms with Gasteiger partial charge in [0.25, 0.3) is 0 Å². The number of carboxylic acid groups (broad SMARTS) is 4. The van der Waals surface area contributed by atoms with Gasteiger partial charge in [0, 0.05) is 285 Å². The third kappa shape index (κ3) is 21.2. The van der Waals surface area contributed by atoms with Gasteiger partial charge < -0.3 is 76.6 Å². The molecule has 24 rings (SSSR count). The summed E-state index contributed by atoms with van der Waals surface area (Å²) in [7, 11) is 8.98. The molecule has 12 heterocycles. The Balaban J connectivity index is 0.000000116. The lowest BCUT2D eigenvalue weighted by atomic mass is 10.0. The molecule has 8 aliphatic rings. The highest BCUT2D eigenvalue weighted by Crippen LogP contribution is 2.52. The minimum Gasteiger partial charge on any atom is -0.496 e. The fraction of sp³-hybridized carbons (Fsp3) is 0.366. The van der Waals surface area contributed by atoms with E-state index in [0.29, 0.717) is 93.4 Å². The lowest BCUT2D eigenvalue weighted by Gasteiger charge is -2.36. The van der Waals surface area contributed by atoms with Gasteiger partial charge in [-0.05, 0) is 198 Å². The topological polar surface area (TPSA) is 321 Å². The monoisotopic (exact) mass is 2100 g/mol. The summed E-state index contributed by atoms with van der Waals surface area (Å²) in [6.07, 6.45) is 17.3. The lowest BCUT2D eigenvalue weighted by molar-refractivity contribution is 0.0678. The van der Waals surface area contributed by atoms with E-state index in [1.54, 1.807) is 44.9 Å². The number of hydrogen-bond donors (Lipinski definition) is 4. The van der Waals surface area contributed by atoms with Gasteiger partial charge in [-0.15, -0.1) is 0 Å². The first-order valence-electron chi connectivity index (χ1n) is 50.7. The van der Waals surface area contributed by atoms with Crippen LogP contribution >= 0.6 is 58.0 Å². The van der Waals surface area contributed by atoms with Crippen LogP contribution in [-0.4, -0.2) is 246 Å². The van der Waals surface area contributed by atoms with Crippen LogP contribution in [0.1, 0.15) is 162 Å². The van der Waals surface area contributed by atoms with Crippen molar-refractivity contribution in [3.63, 3.8) is 0 Å². The van der Waals surface area contributed by atoms with Crippen molar-refractivity contribution in [2.75, 3.05) is 158 Å². The second-order valence-electron chi connectivity index (χ2n) is 39.9. The van der Waals surface area contributed by atoms with Gasteiger partial charge in [-0.1, -0.05) is 109 Å². The average Bonchev–Trinajstić information content (AvgIpc) is 1.62. The summed E-state index contributed by atoms with van der Waals surface area (Å²) in [6.45, 7) is 18.2. The van der Waals surface area contributed by atoms with Crippen molar-refractivity contribution in [1.82, 2.24) is 63.7 Å². The van der Waals surface area contributed by atoms with Crippen LogP contribution in [0.15, 0.2) is 188 Å². The van der Waals surface area contributed by atoms with Crippen molar-refractivity contribution >= 4 is 148 Å². The molecule has 0 spiro atoms. The summed E-state index contributed by atoms with van der Waals surface area (Å²) in [5.74, 6) is 2.42. The molecule has 0 amide bonds. The predicted octanol–water partition coefficient (Wildman–Crippen LogP) is 21.9. The Hall–Kier alpha value is -13.2. The van der Waals surface area contributed by atoms with E-state index in [9.17, 15) is 44.0 Å². The highest BCUT2D eigenvalue weighted by molar-refractivity contribution is 6.40. The van der Waals surface area contributed by atoms with Crippen LogP contribution in [0.4, 0.5) is 27.1 Å². The maximum absolute atomic E-state index is 14.5. The van der Waals surface area contributed by atoms with Gasteiger partial charge >= 0.3 is 23.9 Å². The van der Waals surface area contributed by atoms with Gasteiger partial charge in [-0.25, -0.2) is 23.6 Å². The second-order valence-corrected chi connectivity index (χ2v) is 41.9. The van der Waals surface area contributed by atoms with E-state index in [1.165, 1.54) is 10.7 Å². The predicted molar refractivity (Wildman–Crippen MR) is 574 cm³/mol. The zero-order valence-electron chi connectivity index (χ0n) is 82.9. The van der Waals surface area contributed by atoms with Gasteiger partial charge in [0.1, 0.15) is 57.4 Å². The maximum Gasteiger partial charge on any atom is 0.354 e. The van der Waals surface area contributed by atoms with Gasteiger partial charge in [0.2, 0.25) is 0 Å². The van der Waals surface area contributed by atoms with Crippen LogP contribution in [0.5, 0.6) is 5.75 Å². The fourth-order valence-corrected chi connectivity index (χ4v) is 23.0.